The van der Waals surface area contributed by atoms with Crippen LogP contribution in [0.15, 0.2) is 18.2 Å². The van der Waals surface area contributed by atoms with Gasteiger partial charge in [0, 0.05) is 31.7 Å². The fraction of sp³-hybridized carbons (Fsp3) is 0.474. The molecule has 1 saturated heterocycles. The highest BCUT2D eigenvalue weighted by atomic mass is 35.5. The standard InChI is InChI=1S/C19H23ClFN5O/c1-25-8-11-5-10(6-12(11)9-25)17-16(18(22)26(2)24-17)19(27)23-13-3-4-15(21)14(20)7-13/h3-4,7,10-12H,5-6,8-9,22H2,1-2H3,(H,23,27). The first-order valence-corrected chi connectivity index (χ1v) is 9.48. The van der Waals surface area contributed by atoms with E-state index in [-0.39, 0.29) is 16.8 Å². The lowest BCUT2D eigenvalue weighted by molar-refractivity contribution is 0.102. The number of likely N-dealkylation sites (tertiary alicyclic amines) is 1. The van der Waals surface area contributed by atoms with Crippen molar-refractivity contribution in [2.24, 2.45) is 18.9 Å². The molecule has 4 rings (SSSR count). The highest BCUT2D eigenvalue weighted by Crippen LogP contribution is 2.46. The van der Waals surface area contributed by atoms with Crippen molar-refractivity contribution < 1.29 is 9.18 Å². The lowest BCUT2D eigenvalue weighted by atomic mass is 9.97. The zero-order chi connectivity index (χ0) is 19.3. The van der Waals surface area contributed by atoms with Gasteiger partial charge in [0.1, 0.15) is 17.2 Å². The first-order chi connectivity index (χ1) is 12.8. The van der Waals surface area contributed by atoms with Gasteiger partial charge in [-0.3, -0.25) is 9.48 Å². The highest BCUT2D eigenvalue weighted by Gasteiger charge is 2.42. The molecule has 2 atom stereocenters. The quantitative estimate of drug-likeness (QED) is 0.842. The molecule has 6 nitrogen and oxygen atoms in total. The van der Waals surface area contributed by atoms with E-state index < -0.39 is 5.82 Å². The number of nitrogens with one attached hydrogen (secondary N) is 1. The predicted molar refractivity (Wildman–Crippen MR) is 103 cm³/mol. The van der Waals surface area contributed by atoms with Gasteiger partial charge in [-0.1, -0.05) is 11.6 Å². The molecule has 0 bridgehead atoms. The van der Waals surface area contributed by atoms with E-state index in [9.17, 15) is 9.18 Å². The van der Waals surface area contributed by atoms with Crippen LogP contribution in [0.25, 0.3) is 0 Å². The lowest BCUT2D eigenvalue weighted by Gasteiger charge is -2.14. The van der Waals surface area contributed by atoms with Gasteiger partial charge in [-0.25, -0.2) is 4.39 Å². The zero-order valence-electron chi connectivity index (χ0n) is 15.4. The van der Waals surface area contributed by atoms with Crippen molar-refractivity contribution in [2.45, 2.75) is 18.8 Å². The number of nitrogens with zero attached hydrogens (tertiary/aromatic N) is 3. The summed E-state index contributed by atoms with van der Waals surface area (Å²) < 4.78 is 14.9. The summed E-state index contributed by atoms with van der Waals surface area (Å²) in [5.41, 5.74) is 7.76. The van der Waals surface area contributed by atoms with Gasteiger partial charge in [-0.15, -0.1) is 0 Å². The average Bonchev–Trinajstić information content (AvgIpc) is 3.22. The minimum atomic E-state index is -0.529. The first kappa shape index (κ1) is 18.3. The Kier molecular flexibility index (Phi) is 4.60. The van der Waals surface area contributed by atoms with Crippen LogP contribution in [0.3, 0.4) is 0 Å². The molecule has 8 heteroatoms. The van der Waals surface area contributed by atoms with Crippen LogP contribution in [0.1, 0.15) is 34.8 Å². The van der Waals surface area contributed by atoms with Gasteiger partial charge in [0.05, 0.1) is 10.7 Å². The Morgan fingerprint density at radius 2 is 1.96 bits per heavy atom. The SMILES string of the molecule is CN1CC2CC(c3nn(C)c(N)c3C(=O)Nc3ccc(F)c(Cl)c3)CC2C1. The number of aromatic nitrogens is 2. The van der Waals surface area contributed by atoms with E-state index in [4.69, 9.17) is 17.3 Å². The second kappa shape index (κ2) is 6.80. The summed E-state index contributed by atoms with van der Waals surface area (Å²) in [6.45, 7) is 2.19. The van der Waals surface area contributed by atoms with E-state index in [0.29, 0.717) is 28.9 Å². The molecule has 3 N–H and O–H groups in total. The van der Waals surface area contributed by atoms with Crippen LogP contribution in [0.2, 0.25) is 5.02 Å². The van der Waals surface area contributed by atoms with Gasteiger partial charge >= 0.3 is 0 Å². The monoisotopic (exact) mass is 391 g/mol. The maximum Gasteiger partial charge on any atom is 0.261 e. The summed E-state index contributed by atoms with van der Waals surface area (Å²) in [5.74, 6) is 0.996. The Labute approximate surface area is 162 Å². The number of hydrogen-bond acceptors (Lipinski definition) is 4. The molecule has 0 radical (unpaired) electrons. The molecule has 2 aromatic rings. The minimum Gasteiger partial charge on any atom is -0.383 e. The number of benzene rings is 1. The van der Waals surface area contributed by atoms with Gasteiger partial charge < -0.3 is 16.0 Å². The lowest BCUT2D eigenvalue weighted by Crippen LogP contribution is -2.18. The Morgan fingerprint density at radius 3 is 2.59 bits per heavy atom. The molecule has 2 heterocycles. The molecule has 1 aliphatic carbocycles. The van der Waals surface area contributed by atoms with Crippen molar-refractivity contribution >= 4 is 29.0 Å². The van der Waals surface area contributed by atoms with E-state index in [2.05, 4.69) is 22.4 Å². The number of fused-ring (bicyclic) bond motifs is 1. The maximum atomic E-state index is 13.4. The molecule has 2 aliphatic rings. The van der Waals surface area contributed by atoms with Gasteiger partial charge in [-0.05, 0) is 49.9 Å². The molecule has 1 aromatic heterocycles. The van der Waals surface area contributed by atoms with Crippen molar-refractivity contribution in [3.05, 3.63) is 40.3 Å². The zero-order valence-corrected chi connectivity index (χ0v) is 16.1. The molecule has 0 spiro atoms. The van der Waals surface area contributed by atoms with Crippen molar-refractivity contribution in [1.29, 1.82) is 0 Å². The third-order valence-electron chi connectivity index (χ3n) is 5.84. The van der Waals surface area contributed by atoms with Gasteiger partial charge in [0.25, 0.3) is 5.91 Å². The second-order valence-corrected chi connectivity index (χ2v) is 8.17. The molecular formula is C19H23ClFN5O. The third kappa shape index (κ3) is 3.30. The molecule has 1 amide bonds. The molecule has 1 aromatic carbocycles. The number of anilines is 2. The van der Waals surface area contributed by atoms with Crippen molar-refractivity contribution in [3.63, 3.8) is 0 Å². The minimum absolute atomic E-state index is 0.0417. The summed E-state index contributed by atoms with van der Waals surface area (Å²) >= 11 is 5.81. The molecule has 144 valence electrons. The predicted octanol–water partition coefficient (Wildman–Crippen LogP) is 3.10. The Bertz CT molecular complexity index is 884. The highest BCUT2D eigenvalue weighted by molar-refractivity contribution is 6.31. The summed E-state index contributed by atoms with van der Waals surface area (Å²) in [6, 6.07) is 4.08. The van der Waals surface area contributed by atoms with Crippen LogP contribution in [0, 0.1) is 17.7 Å². The Morgan fingerprint density at radius 1 is 1.30 bits per heavy atom. The number of aryl methyl sites for hydroxylation is 1. The van der Waals surface area contributed by atoms with E-state index >= 15 is 0 Å². The largest absolute Gasteiger partial charge is 0.383 e. The number of hydrogen-bond donors (Lipinski definition) is 2. The number of carbonyl (C=O) groups excluding carboxylic acids is 1. The van der Waals surface area contributed by atoms with Crippen molar-refractivity contribution in [3.8, 4) is 0 Å². The number of amides is 1. The molecule has 2 fully saturated rings. The van der Waals surface area contributed by atoms with E-state index in [1.165, 1.54) is 18.2 Å². The number of carbonyl (C=O) groups is 1. The van der Waals surface area contributed by atoms with Gasteiger partial charge in [0.15, 0.2) is 0 Å². The van der Waals surface area contributed by atoms with Crippen LogP contribution in [0.5, 0.6) is 0 Å². The number of halogens is 2. The van der Waals surface area contributed by atoms with E-state index in [1.54, 1.807) is 11.7 Å². The van der Waals surface area contributed by atoms with Crippen LogP contribution < -0.4 is 11.1 Å². The molecule has 1 saturated carbocycles. The van der Waals surface area contributed by atoms with Crippen molar-refractivity contribution in [1.82, 2.24) is 14.7 Å². The number of nitrogen functional groups attached to an aromatic ring is 1. The van der Waals surface area contributed by atoms with Gasteiger partial charge in [0.2, 0.25) is 0 Å². The Hall–Kier alpha value is -2.12. The average molecular weight is 392 g/mol. The topological polar surface area (TPSA) is 76.2 Å². The van der Waals surface area contributed by atoms with E-state index in [0.717, 1.165) is 31.6 Å². The fourth-order valence-corrected chi connectivity index (χ4v) is 4.78. The van der Waals surface area contributed by atoms with Crippen LogP contribution >= 0.6 is 11.6 Å². The van der Waals surface area contributed by atoms with Gasteiger partial charge in [-0.2, -0.15) is 5.10 Å². The maximum absolute atomic E-state index is 13.4. The second-order valence-electron chi connectivity index (χ2n) is 7.76. The van der Waals surface area contributed by atoms with E-state index in [1.807, 2.05) is 0 Å². The van der Waals surface area contributed by atoms with Crippen LogP contribution in [-0.4, -0.2) is 40.7 Å². The van der Waals surface area contributed by atoms with Crippen molar-refractivity contribution in [2.75, 3.05) is 31.2 Å². The summed E-state index contributed by atoms with van der Waals surface area (Å²) in [5, 5.41) is 7.29. The molecule has 2 unspecified atom stereocenters. The number of rotatable bonds is 3. The fourth-order valence-electron chi connectivity index (χ4n) is 4.60. The van der Waals surface area contributed by atoms with Crippen LogP contribution in [-0.2, 0) is 7.05 Å². The summed E-state index contributed by atoms with van der Waals surface area (Å²) in [6.07, 6.45) is 2.04. The summed E-state index contributed by atoms with van der Waals surface area (Å²) in [7, 11) is 3.90. The first-order valence-electron chi connectivity index (χ1n) is 9.10. The summed E-state index contributed by atoms with van der Waals surface area (Å²) in [4.78, 5) is 15.3. The van der Waals surface area contributed by atoms with Crippen LogP contribution in [0.4, 0.5) is 15.9 Å². The molecular weight excluding hydrogens is 369 g/mol. The molecule has 27 heavy (non-hydrogen) atoms. The smallest absolute Gasteiger partial charge is 0.261 e. The molecule has 1 aliphatic heterocycles. The Balaban J connectivity index is 1.59. The number of nitrogens with two attached hydrogens (primary N) is 1. The normalized spacial score (nSPS) is 25.0. The third-order valence-corrected chi connectivity index (χ3v) is 6.13.